The number of rotatable bonds is 6. The number of halogens is 3. The Balaban J connectivity index is 1.44. The normalized spacial score (nSPS) is 17.4. The van der Waals surface area contributed by atoms with Gasteiger partial charge in [0, 0.05) is 38.9 Å². The van der Waals surface area contributed by atoms with E-state index in [2.05, 4.69) is 15.2 Å². The zero-order valence-corrected chi connectivity index (χ0v) is 15.7. The van der Waals surface area contributed by atoms with Crippen molar-refractivity contribution in [1.29, 1.82) is 0 Å². The van der Waals surface area contributed by atoms with E-state index in [9.17, 15) is 8.78 Å². The van der Waals surface area contributed by atoms with E-state index in [0.29, 0.717) is 45.6 Å². The van der Waals surface area contributed by atoms with Crippen LogP contribution in [-0.2, 0) is 13.1 Å². The molecule has 0 bridgehead atoms. The fraction of sp³-hybridized carbons (Fsp3) is 0.450. The molecule has 26 heavy (non-hydrogen) atoms. The lowest BCUT2D eigenvalue weighted by Gasteiger charge is -2.36. The summed E-state index contributed by atoms with van der Waals surface area (Å²) in [5.41, 5.74) is 1.79. The van der Waals surface area contributed by atoms with Gasteiger partial charge in [-0.25, -0.2) is 8.78 Å². The van der Waals surface area contributed by atoms with Crippen LogP contribution in [-0.4, -0.2) is 35.2 Å². The van der Waals surface area contributed by atoms with Crippen molar-refractivity contribution in [2.75, 3.05) is 19.6 Å². The summed E-state index contributed by atoms with van der Waals surface area (Å²) < 4.78 is 28.2. The zero-order chi connectivity index (χ0) is 18.6. The average Bonchev–Trinajstić information content (AvgIpc) is 2.62. The van der Waals surface area contributed by atoms with Gasteiger partial charge in [0.1, 0.15) is 11.5 Å². The van der Waals surface area contributed by atoms with Crippen molar-refractivity contribution in [2.45, 2.75) is 38.5 Å². The molecule has 0 saturated carbocycles. The third-order valence-corrected chi connectivity index (χ3v) is 5.15. The van der Waals surface area contributed by atoms with E-state index in [1.165, 1.54) is 6.07 Å². The molecule has 0 amide bonds. The molecule has 2 heterocycles. The molecule has 3 nitrogen and oxygen atoms in total. The van der Waals surface area contributed by atoms with Gasteiger partial charge in [-0.2, -0.15) is 0 Å². The van der Waals surface area contributed by atoms with Crippen molar-refractivity contribution in [3.8, 4) is 0 Å². The van der Waals surface area contributed by atoms with Gasteiger partial charge in [0.2, 0.25) is 0 Å². The van der Waals surface area contributed by atoms with Crippen molar-refractivity contribution in [1.82, 2.24) is 15.2 Å². The third-order valence-electron chi connectivity index (χ3n) is 4.86. The summed E-state index contributed by atoms with van der Waals surface area (Å²) in [7, 11) is 0. The van der Waals surface area contributed by atoms with E-state index in [0.717, 1.165) is 16.8 Å². The van der Waals surface area contributed by atoms with E-state index in [-0.39, 0.29) is 5.02 Å². The second-order valence-corrected chi connectivity index (χ2v) is 7.51. The Morgan fingerprint density at radius 1 is 1.23 bits per heavy atom. The van der Waals surface area contributed by atoms with Gasteiger partial charge in [-0.3, -0.25) is 9.88 Å². The number of pyridine rings is 1. The van der Waals surface area contributed by atoms with Gasteiger partial charge >= 0.3 is 0 Å². The van der Waals surface area contributed by atoms with Crippen molar-refractivity contribution < 1.29 is 8.78 Å². The monoisotopic (exact) mass is 379 g/mol. The molecule has 140 valence electrons. The van der Waals surface area contributed by atoms with Crippen LogP contribution in [0.15, 0.2) is 36.5 Å². The first-order valence-electron chi connectivity index (χ1n) is 8.91. The topological polar surface area (TPSA) is 28.2 Å². The number of nitrogens with one attached hydrogen (secondary N) is 1. The van der Waals surface area contributed by atoms with E-state index in [1.54, 1.807) is 12.1 Å². The Hall–Kier alpha value is -1.56. The summed E-state index contributed by atoms with van der Waals surface area (Å²) >= 11 is 5.83. The molecule has 1 fully saturated rings. The molecule has 0 spiro atoms. The summed E-state index contributed by atoms with van der Waals surface area (Å²) in [5.74, 6) is -0.411. The maximum absolute atomic E-state index is 15.0. The molecule has 1 aliphatic heterocycles. The molecule has 0 aliphatic carbocycles. The first-order chi connectivity index (χ1) is 12.4. The number of hydrogen-bond donors (Lipinski definition) is 1. The molecule has 2 aromatic rings. The number of hydrogen-bond acceptors (Lipinski definition) is 3. The molecule has 1 saturated heterocycles. The minimum atomic E-state index is -1.19. The van der Waals surface area contributed by atoms with Crippen molar-refractivity contribution in [2.24, 2.45) is 0 Å². The highest BCUT2D eigenvalue weighted by molar-refractivity contribution is 6.30. The third kappa shape index (κ3) is 5.22. The van der Waals surface area contributed by atoms with Crippen molar-refractivity contribution >= 4 is 11.6 Å². The van der Waals surface area contributed by atoms with Gasteiger partial charge in [0.15, 0.2) is 0 Å². The van der Waals surface area contributed by atoms with Gasteiger partial charge in [0.25, 0.3) is 0 Å². The largest absolute Gasteiger partial charge is 0.308 e. The summed E-state index contributed by atoms with van der Waals surface area (Å²) in [5, 5.41) is 3.33. The Morgan fingerprint density at radius 2 is 2.00 bits per heavy atom. The summed E-state index contributed by atoms with van der Waals surface area (Å²) in [6, 6.07) is 8.72. The van der Waals surface area contributed by atoms with Gasteiger partial charge in [-0.15, -0.1) is 0 Å². The molecular weight excluding hydrogens is 356 g/mol. The molecule has 1 aromatic heterocycles. The number of aromatic nitrogens is 1. The smallest absolute Gasteiger partial charge is 0.141 e. The lowest BCUT2D eigenvalue weighted by molar-refractivity contribution is 0.0545. The Labute approximate surface area is 158 Å². The van der Waals surface area contributed by atoms with Gasteiger partial charge in [0.05, 0.1) is 10.7 Å². The van der Waals surface area contributed by atoms with Gasteiger partial charge < -0.3 is 5.32 Å². The second-order valence-electron chi connectivity index (χ2n) is 7.11. The number of likely N-dealkylation sites (tertiary alicyclic amines) is 1. The van der Waals surface area contributed by atoms with Crippen LogP contribution in [0, 0.1) is 12.7 Å². The van der Waals surface area contributed by atoms with Crippen LogP contribution in [0.2, 0.25) is 5.02 Å². The summed E-state index contributed by atoms with van der Waals surface area (Å²) in [4.78, 5) is 6.51. The van der Waals surface area contributed by atoms with Gasteiger partial charge in [-0.1, -0.05) is 23.7 Å². The number of benzene rings is 1. The predicted octanol–water partition coefficient (Wildman–Crippen LogP) is 4.28. The maximum Gasteiger partial charge on any atom is 0.141 e. The number of aryl methyl sites for hydroxylation is 1. The Kier molecular flexibility index (Phi) is 6.22. The van der Waals surface area contributed by atoms with Crippen LogP contribution in [0.1, 0.15) is 29.7 Å². The van der Waals surface area contributed by atoms with Crippen molar-refractivity contribution in [3.63, 3.8) is 0 Å². The molecule has 1 N–H and O–H groups in total. The van der Waals surface area contributed by atoms with Crippen LogP contribution in [0.4, 0.5) is 8.78 Å². The summed E-state index contributed by atoms with van der Waals surface area (Å²) in [6.07, 6.45) is 2.79. The highest BCUT2D eigenvalue weighted by atomic mass is 35.5. The Morgan fingerprint density at radius 3 is 2.65 bits per heavy atom. The first-order valence-corrected chi connectivity index (χ1v) is 9.29. The minimum Gasteiger partial charge on any atom is -0.308 e. The molecule has 6 heteroatoms. The maximum atomic E-state index is 15.0. The quantitative estimate of drug-likeness (QED) is 0.812. The van der Waals surface area contributed by atoms with Gasteiger partial charge in [-0.05, 0) is 49.1 Å². The van der Waals surface area contributed by atoms with E-state index in [1.807, 2.05) is 25.3 Å². The highest BCUT2D eigenvalue weighted by Gasteiger charge is 2.34. The summed E-state index contributed by atoms with van der Waals surface area (Å²) in [6.45, 7) is 4.92. The fourth-order valence-electron chi connectivity index (χ4n) is 3.20. The first kappa shape index (κ1) is 19.2. The second kappa shape index (κ2) is 8.42. The van der Waals surface area contributed by atoms with Crippen LogP contribution in [0.3, 0.4) is 0 Å². The standard InChI is InChI=1S/C20H24ClF2N3/c1-15-2-4-17(25-11-15)12-24-14-20(23)6-8-26(9-7-20)13-16-3-5-19(22)18(21)10-16/h2-5,10-11,24H,6-9,12-14H2,1H3. The SMILES string of the molecule is Cc1ccc(CNCC2(F)CCN(Cc3ccc(F)c(Cl)c3)CC2)nc1. The van der Waals surface area contributed by atoms with E-state index >= 15 is 0 Å². The average molecular weight is 380 g/mol. The number of piperidine rings is 1. The molecule has 0 radical (unpaired) electrons. The molecule has 1 aliphatic rings. The molecule has 0 atom stereocenters. The van der Waals surface area contributed by atoms with E-state index < -0.39 is 11.5 Å². The van der Waals surface area contributed by atoms with Crippen molar-refractivity contribution in [3.05, 3.63) is 64.2 Å². The van der Waals surface area contributed by atoms with Crippen LogP contribution < -0.4 is 5.32 Å². The number of nitrogens with zero attached hydrogens (tertiary/aromatic N) is 2. The van der Waals surface area contributed by atoms with Crippen LogP contribution in [0.5, 0.6) is 0 Å². The molecular formula is C20H24ClF2N3. The predicted molar refractivity (Wildman–Crippen MR) is 100 cm³/mol. The lowest BCUT2D eigenvalue weighted by atomic mass is 9.93. The van der Waals surface area contributed by atoms with Crippen LogP contribution in [0.25, 0.3) is 0 Å². The Bertz CT molecular complexity index is 728. The number of alkyl halides is 1. The zero-order valence-electron chi connectivity index (χ0n) is 14.9. The lowest BCUT2D eigenvalue weighted by Crippen LogP contribution is -2.46. The van der Waals surface area contributed by atoms with E-state index in [4.69, 9.17) is 11.6 Å². The van der Waals surface area contributed by atoms with Crippen LogP contribution >= 0.6 is 11.6 Å². The minimum absolute atomic E-state index is 0.133. The highest BCUT2D eigenvalue weighted by Crippen LogP contribution is 2.27. The molecule has 0 unspecified atom stereocenters. The fourth-order valence-corrected chi connectivity index (χ4v) is 3.41. The molecule has 1 aromatic carbocycles. The molecule has 3 rings (SSSR count).